The lowest BCUT2D eigenvalue weighted by Gasteiger charge is -2.36. The molecule has 0 radical (unpaired) electrons. The van der Waals surface area contributed by atoms with E-state index in [2.05, 4.69) is 10.6 Å². The summed E-state index contributed by atoms with van der Waals surface area (Å²) in [4.78, 5) is 73.3. The minimum absolute atomic E-state index is 0.0793. The van der Waals surface area contributed by atoms with Crippen molar-refractivity contribution in [2.24, 2.45) is 0 Å². The van der Waals surface area contributed by atoms with Gasteiger partial charge in [0.05, 0.1) is 110 Å². The zero-order chi connectivity index (χ0) is 49.6. The molecule has 69 heavy (non-hydrogen) atoms. The predicted molar refractivity (Wildman–Crippen MR) is 242 cm³/mol. The summed E-state index contributed by atoms with van der Waals surface area (Å²) in [7, 11) is 1.87. The molecule has 4 aliphatic heterocycles. The van der Waals surface area contributed by atoms with Crippen LogP contribution in [0.3, 0.4) is 0 Å². The molecule has 0 aliphatic carbocycles. The highest BCUT2D eigenvalue weighted by atomic mass is 19.4. The van der Waals surface area contributed by atoms with Crippen molar-refractivity contribution in [2.75, 3.05) is 74.1 Å². The third kappa shape index (κ3) is 9.90. The number of anilines is 4. The van der Waals surface area contributed by atoms with Crippen LogP contribution in [0, 0.1) is 0 Å². The van der Waals surface area contributed by atoms with Gasteiger partial charge in [-0.05, 0) is 71.8 Å². The van der Waals surface area contributed by atoms with Crippen LogP contribution in [0.1, 0.15) is 53.6 Å². The lowest BCUT2D eigenvalue weighted by atomic mass is 9.95. The van der Waals surface area contributed by atoms with Gasteiger partial charge < -0.3 is 41.5 Å². The first-order valence-corrected chi connectivity index (χ1v) is 22.0. The largest absolute Gasteiger partial charge is 0.481 e. The van der Waals surface area contributed by atoms with E-state index in [-0.39, 0.29) is 84.0 Å². The highest BCUT2D eigenvalue weighted by molar-refractivity contribution is 6.08. The fourth-order valence-corrected chi connectivity index (χ4v) is 9.37. The van der Waals surface area contributed by atoms with E-state index >= 15 is 0 Å². The first kappa shape index (κ1) is 47.9. The van der Waals surface area contributed by atoms with Crippen molar-refractivity contribution in [3.63, 3.8) is 0 Å². The van der Waals surface area contributed by atoms with Gasteiger partial charge in [0, 0.05) is 30.8 Å². The van der Waals surface area contributed by atoms with Crippen LogP contribution in [0.2, 0.25) is 0 Å². The van der Waals surface area contributed by atoms with Crippen LogP contribution >= 0.6 is 0 Å². The number of aliphatic carboxylic acids is 1. The monoisotopic (exact) mass is 960 g/mol. The molecule has 0 spiro atoms. The molecule has 0 aromatic heterocycles. The number of hydrogen-bond acceptors (Lipinski definition) is 7. The number of urea groups is 2. The quantitative estimate of drug-likeness (QED) is 0.0476. The molecule has 0 fully saturated rings. The van der Waals surface area contributed by atoms with E-state index in [4.69, 9.17) is 11.5 Å². The molecule has 0 saturated heterocycles. The van der Waals surface area contributed by atoms with Gasteiger partial charge in [-0.15, -0.1) is 0 Å². The van der Waals surface area contributed by atoms with E-state index in [9.17, 15) is 55.4 Å². The average Bonchev–Trinajstić information content (AvgIpc) is 3.79. The Hall–Kier alpha value is -7.55. The van der Waals surface area contributed by atoms with Crippen molar-refractivity contribution in [1.29, 1.82) is 0 Å². The molecule has 3 unspecified atom stereocenters. The SMILES string of the molecule is C[N+](CCCC(=O)O)(CCCN1CC2=C(C1=O)C(c1ccc(N)cc1)NC(=O)N2c1cccc(C(F)(F)F)c1)CCN1CC2=C(C1=O)C(c1ccc(N)cc1)NC(=O)N2c1cccc(C(F)(F)F)c1. The number of quaternary nitrogens is 1. The van der Waals surface area contributed by atoms with Gasteiger partial charge in [0.2, 0.25) is 0 Å². The molecule has 21 heteroatoms. The van der Waals surface area contributed by atoms with Crippen LogP contribution in [0.25, 0.3) is 0 Å². The number of nitrogens with one attached hydrogen (secondary N) is 2. The molecule has 0 bridgehead atoms. The summed E-state index contributed by atoms with van der Waals surface area (Å²) in [5, 5.41) is 15.1. The van der Waals surface area contributed by atoms with Crippen molar-refractivity contribution >= 4 is 52.6 Å². The number of carbonyl (C=O) groups is 5. The summed E-state index contributed by atoms with van der Waals surface area (Å²) < 4.78 is 83.4. The summed E-state index contributed by atoms with van der Waals surface area (Å²) in [6, 6.07) is 18.1. The van der Waals surface area contributed by atoms with Gasteiger partial charge in [-0.25, -0.2) is 9.59 Å². The Balaban J connectivity index is 1.03. The summed E-state index contributed by atoms with van der Waals surface area (Å²) >= 11 is 0. The first-order valence-electron chi connectivity index (χ1n) is 22.0. The van der Waals surface area contributed by atoms with Gasteiger partial charge in [-0.3, -0.25) is 24.2 Å². The van der Waals surface area contributed by atoms with E-state index in [1.165, 1.54) is 34.1 Å². The third-order valence-corrected chi connectivity index (χ3v) is 12.9. The van der Waals surface area contributed by atoms with E-state index < -0.39 is 65.4 Å². The highest BCUT2D eigenvalue weighted by Gasteiger charge is 2.47. The number of rotatable bonds is 15. The number of alkyl halides is 6. The van der Waals surface area contributed by atoms with E-state index in [1.807, 2.05) is 7.05 Å². The lowest BCUT2D eigenvalue weighted by Crippen LogP contribution is -2.51. The molecule has 4 heterocycles. The Bertz CT molecular complexity index is 2760. The minimum atomic E-state index is -4.71. The number of carboxylic acids is 1. The molecule has 4 aliphatic rings. The second-order valence-electron chi connectivity index (χ2n) is 17.7. The van der Waals surface area contributed by atoms with Crippen LogP contribution in [0.5, 0.6) is 0 Å². The standard InChI is InChI=1S/C48H47F6N9O6/c1-63(21-4-10-38(64)65,23-20-60-27-37-40(44(60)67)42(29-13-17-33(56)18-14-29)58-46(69)62(37)35-9-3-7-31(25-35)48(52,53)54)22-5-19-59-26-36-39(43(59)66)41(28-11-15-32(55)16-12-28)57-45(68)61(36)34-8-2-6-30(24-34)47(49,50)51/h2-3,6-9,11-18,24-25,41-42H,4-5,10,19-23,26-27,55-56H2,1H3,(H2-,57,58,64,65,68,69)/p+1. The molecule has 362 valence electrons. The Kier molecular flexibility index (Phi) is 12.9. The molecule has 6 amide bonds. The maximum Gasteiger partial charge on any atom is 0.416 e. The number of nitrogen functional groups attached to an aromatic ring is 2. The summed E-state index contributed by atoms with van der Waals surface area (Å²) in [6.45, 7) is 0.888. The number of amides is 6. The third-order valence-electron chi connectivity index (χ3n) is 12.9. The fourth-order valence-electron chi connectivity index (χ4n) is 9.37. The molecule has 0 saturated carbocycles. The van der Waals surface area contributed by atoms with Gasteiger partial charge in [-0.2, -0.15) is 26.3 Å². The molecular weight excluding hydrogens is 913 g/mol. The van der Waals surface area contributed by atoms with Crippen LogP contribution in [-0.2, 0) is 26.7 Å². The van der Waals surface area contributed by atoms with Crippen LogP contribution in [0.15, 0.2) is 120 Å². The number of nitrogens with two attached hydrogens (primary N) is 2. The van der Waals surface area contributed by atoms with Crippen LogP contribution in [0.4, 0.5) is 58.7 Å². The number of carbonyl (C=O) groups excluding carboxylic acids is 4. The second-order valence-corrected chi connectivity index (χ2v) is 17.7. The van der Waals surface area contributed by atoms with Crippen LogP contribution in [-0.4, -0.2) is 102 Å². The molecule has 4 aromatic rings. The Morgan fingerprint density at radius 3 is 1.48 bits per heavy atom. The molecular formula is C48H48F6N9O6+. The fraction of sp³-hybridized carbons (Fsp3) is 0.312. The topological polar surface area (TPSA) is 195 Å². The highest BCUT2D eigenvalue weighted by Crippen LogP contribution is 2.42. The number of halogens is 6. The maximum absolute atomic E-state index is 14.5. The van der Waals surface area contributed by atoms with E-state index in [0.29, 0.717) is 42.0 Å². The zero-order valence-corrected chi connectivity index (χ0v) is 37.1. The van der Waals surface area contributed by atoms with Crippen molar-refractivity contribution in [3.8, 4) is 0 Å². The summed E-state index contributed by atoms with van der Waals surface area (Å²) in [5.41, 5.74) is 12.3. The van der Waals surface area contributed by atoms with Gasteiger partial charge >= 0.3 is 30.4 Å². The van der Waals surface area contributed by atoms with Crippen molar-refractivity contribution in [1.82, 2.24) is 20.4 Å². The Morgan fingerprint density at radius 2 is 1.06 bits per heavy atom. The number of hydrogen-bond donors (Lipinski definition) is 5. The van der Waals surface area contributed by atoms with Crippen molar-refractivity contribution in [2.45, 2.75) is 43.7 Å². The molecule has 8 rings (SSSR count). The minimum Gasteiger partial charge on any atom is -0.481 e. The van der Waals surface area contributed by atoms with E-state index in [0.717, 1.165) is 34.1 Å². The predicted octanol–water partition coefficient (Wildman–Crippen LogP) is 7.02. The van der Waals surface area contributed by atoms with Gasteiger partial charge in [-0.1, -0.05) is 36.4 Å². The summed E-state index contributed by atoms with van der Waals surface area (Å²) in [5.74, 6) is -1.94. The number of benzene rings is 4. The van der Waals surface area contributed by atoms with E-state index in [1.54, 1.807) is 48.5 Å². The Labute approximate surface area is 391 Å². The van der Waals surface area contributed by atoms with Gasteiger partial charge in [0.15, 0.2) is 0 Å². The molecule has 4 aromatic carbocycles. The number of nitrogens with zero attached hydrogens (tertiary/aromatic N) is 5. The first-order chi connectivity index (χ1) is 32.6. The maximum atomic E-state index is 14.5. The van der Waals surface area contributed by atoms with Crippen molar-refractivity contribution < 1.29 is 59.9 Å². The normalized spacial score (nSPS) is 19.5. The number of likely N-dealkylation sites (N-methyl/N-ethyl adjacent to an activating group) is 1. The van der Waals surface area contributed by atoms with Crippen molar-refractivity contribution in [3.05, 3.63) is 142 Å². The Morgan fingerprint density at radius 1 is 0.638 bits per heavy atom. The number of carboxylic acid groups (broad SMARTS) is 1. The van der Waals surface area contributed by atoms with Crippen LogP contribution < -0.4 is 31.9 Å². The average molecular weight is 961 g/mol. The zero-order valence-electron chi connectivity index (χ0n) is 37.1. The molecule has 15 nitrogen and oxygen atoms in total. The second kappa shape index (κ2) is 18.5. The molecule has 3 atom stereocenters. The summed E-state index contributed by atoms with van der Waals surface area (Å²) in [6.07, 6.45) is -9.00. The van der Waals surface area contributed by atoms with Gasteiger partial charge in [0.1, 0.15) is 0 Å². The van der Waals surface area contributed by atoms with Gasteiger partial charge in [0.25, 0.3) is 11.8 Å². The lowest BCUT2D eigenvalue weighted by molar-refractivity contribution is -0.909. The molecule has 7 N–H and O–H groups in total. The smallest absolute Gasteiger partial charge is 0.416 e.